The van der Waals surface area contributed by atoms with E-state index in [-0.39, 0.29) is 18.1 Å². The van der Waals surface area contributed by atoms with Crippen molar-refractivity contribution >= 4 is 33.7 Å². The number of carboxylic acid groups (broad SMARTS) is 1. The Labute approximate surface area is 149 Å². The van der Waals surface area contributed by atoms with Gasteiger partial charge in [0, 0.05) is 18.1 Å². The Balaban J connectivity index is 2.77. The van der Waals surface area contributed by atoms with Crippen molar-refractivity contribution in [2.24, 2.45) is 0 Å². The molecule has 0 heterocycles. The summed E-state index contributed by atoms with van der Waals surface area (Å²) in [4.78, 5) is 21.5. The first kappa shape index (κ1) is 21.1. The molecular formula is C14H18ClFN2O6S. The van der Waals surface area contributed by atoms with Crippen molar-refractivity contribution in [3.63, 3.8) is 0 Å². The van der Waals surface area contributed by atoms with Crippen molar-refractivity contribution in [3.05, 3.63) is 28.5 Å². The zero-order valence-corrected chi connectivity index (χ0v) is 15.3. The summed E-state index contributed by atoms with van der Waals surface area (Å²) >= 11 is 5.64. The molecule has 8 nitrogen and oxygen atoms in total. The Morgan fingerprint density at radius 1 is 1.28 bits per heavy atom. The third-order valence-electron chi connectivity index (χ3n) is 2.61. The second-order valence-corrected chi connectivity index (χ2v) is 8.07. The molecule has 3 N–H and O–H groups in total. The number of hydrogen-bond donors (Lipinski definition) is 3. The predicted octanol–water partition coefficient (Wildman–Crippen LogP) is 1.98. The van der Waals surface area contributed by atoms with E-state index in [0.29, 0.717) is 0 Å². The lowest BCUT2D eigenvalue weighted by atomic mass is 10.2. The monoisotopic (exact) mass is 396 g/mol. The van der Waals surface area contributed by atoms with Crippen LogP contribution in [0.3, 0.4) is 0 Å². The molecule has 1 aromatic carbocycles. The Bertz CT molecular complexity index is 776. The van der Waals surface area contributed by atoms with Crippen molar-refractivity contribution in [1.82, 2.24) is 10.0 Å². The van der Waals surface area contributed by atoms with E-state index in [1.165, 1.54) is 0 Å². The highest BCUT2D eigenvalue weighted by Crippen LogP contribution is 2.23. The number of carboxylic acids is 1. The Morgan fingerprint density at radius 2 is 1.88 bits per heavy atom. The van der Waals surface area contributed by atoms with Crippen LogP contribution in [0, 0.1) is 5.82 Å². The molecule has 0 aliphatic rings. The van der Waals surface area contributed by atoms with Crippen LogP contribution < -0.4 is 10.0 Å². The summed E-state index contributed by atoms with van der Waals surface area (Å²) in [5, 5.41) is 10.9. The molecule has 1 rings (SSSR count). The Hall–Kier alpha value is -1.91. The van der Waals surface area contributed by atoms with Gasteiger partial charge in [0.25, 0.3) is 0 Å². The molecule has 0 unspecified atom stereocenters. The minimum atomic E-state index is -4.37. The van der Waals surface area contributed by atoms with Gasteiger partial charge in [0.1, 0.15) is 10.5 Å². The number of benzene rings is 1. The number of carbonyl (C=O) groups excluding carboxylic acids is 1. The fourth-order valence-corrected chi connectivity index (χ4v) is 3.09. The molecule has 0 atom stereocenters. The molecule has 0 aliphatic carbocycles. The fraction of sp³-hybridized carbons (Fsp3) is 0.429. The summed E-state index contributed by atoms with van der Waals surface area (Å²) in [6, 6.07) is 1.61. The Kier molecular flexibility index (Phi) is 6.75. The summed E-state index contributed by atoms with van der Waals surface area (Å²) in [7, 11) is -4.37. The molecule has 0 fully saturated rings. The maximum absolute atomic E-state index is 14.1. The van der Waals surface area contributed by atoms with E-state index in [9.17, 15) is 22.4 Å². The molecule has 0 saturated heterocycles. The van der Waals surface area contributed by atoms with Gasteiger partial charge in [-0.1, -0.05) is 11.6 Å². The minimum Gasteiger partial charge on any atom is -0.478 e. The van der Waals surface area contributed by atoms with Crippen LogP contribution in [0.15, 0.2) is 17.0 Å². The van der Waals surface area contributed by atoms with Gasteiger partial charge in [-0.2, -0.15) is 0 Å². The molecule has 0 aromatic heterocycles. The molecule has 0 aliphatic heterocycles. The summed E-state index contributed by atoms with van der Waals surface area (Å²) in [6.07, 6.45) is -0.742. The van der Waals surface area contributed by atoms with Crippen molar-refractivity contribution in [2.45, 2.75) is 31.3 Å². The number of nitrogens with one attached hydrogen (secondary N) is 2. The number of carbonyl (C=O) groups is 2. The number of ether oxygens (including phenoxy) is 1. The predicted molar refractivity (Wildman–Crippen MR) is 87.8 cm³/mol. The van der Waals surface area contributed by atoms with Crippen molar-refractivity contribution in [1.29, 1.82) is 0 Å². The number of hydrogen-bond acceptors (Lipinski definition) is 5. The number of sulfonamides is 1. The molecule has 1 amide bonds. The van der Waals surface area contributed by atoms with E-state index in [2.05, 4.69) is 5.32 Å². The fourth-order valence-electron chi connectivity index (χ4n) is 1.66. The molecule has 0 spiro atoms. The summed E-state index contributed by atoms with van der Waals surface area (Å²) in [5.41, 5.74) is -1.57. The molecule has 11 heteroatoms. The topological polar surface area (TPSA) is 122 Å². The van der Waals surface area contributed by atoms with Crippen LogP contribution >= 0.6 is 11.6 Å². The molecule has 25 heavy (non-hydrogen) atoms. The minimum absolute atomic E-state index is 0.123. The van der Waals surface area contributed by atoms with E-state index in [0.717, 1.165) is 12.1 Å². The highest BCUT2D eigenvalue weighted by atomic mass is 35.5. The lowest BCUT2D eigenvalue weighted by molar-refractivity contribution is 0.0528. The maximum atomic E-state index is 14.1. The Morgan fingerprint density at radius 3 is 2.40 bits per heavy atom. The van der Waals surface area contributed by atoms with E-state index in [1.54, 1.807) is 20.8 Å². The van der Waals surface area contributed by atoms with Crippen LogP contribution in [0.1, 0.15) is 31.1 Å². The largest absolute Gasteiger partial charge is 0.478 e. The molecule has 140 valence electrons. The zero-order chi connectivity index (χ0) is 19.4. The van der Waals surface area contributed by atoms with Gasteiger partial charge in [0.05, 0.1) is 5.56 Å². The first-order valence-electron chi connectivity index (χ1n) is 7.02. The smallest absolute Gasteiger partial charge is 0.407 e. The number of rotatable bonds is 6. The molecular weight excluding hydrogens is 379 g/mol. The van der Waals surface area contributed by atoms with Crippen LogP contribution in [0.4, 0.5) is 9.18 Å². The normalized spacial score (nSPS) is 11.9. The van der Waals surface area contributed by atoms with Crippen molar-refractivity contribution in [3.8, 4) is 0 Å². The van der Waals surface area contributed by atoms with Gasteiger partial charge < -0.3 is 15.2 Å². The van der Waals surface area contributed by atoms with Gasteiger partial charge in [-0.05, 0) is 32.9 Å². The van der Waals surface area contributed by atoms with Gasteiger partial charge in [0.15, 0.2) is 5.82 Å². The molecule has 1 aromatic rings. The summed E-state index contributed by atoms with van der Waals surface area (Å²) < 4.78 is 45.3. The average molecular weight is 397 g/mol. The van der Waals surface area contributed by atoms with E-state index in [1.807, 2.05) is 4.72 Å². The zero-order valence-electron chi connectivity index (χ0n) is 13.7. The quantitative estimate of drug-likeness (QED) is 0.632. The van der Waals surface area contributed by atoms with Crippen LogP contribution in [0.25, 0.3) is 0 Å². The van der Waals surface area contributed by atoms with Crippen molar-refractivity contribution < 1.29 is 32.2 Å². The first-order chi connectivity index (χ1) is 11.3. The third-order valence-corrected chi connectivity index (χ3v) is 4.29. The summed E-state index contributed by atoms with van der Waals surface area (Å²) in [5.74, 6) is -3.08. The maximum Gasteiger partial charge on any atom is 0.407 e. The van der Waals surface area contributed by atoms with Crippen LogP contribution in [-0.4, -0.2) is 44.3 Å². The second kappa shape index (κ2) is 7.98. The van der Waals surface area contributed by atoms with Gasteiger partial charge >= 0.3 is 12.1 Å². The van der Waals surface area contributed by atoms with Crippen LogP contribution in [0.5, 0.6) is 0 Å². The van der Waals surface area contributed by atoms with Crippen molar-refractivity contribution in [2.75, 3.05) is 13.1 Å². The standard InChI is InChI=1S/C14H18ClFN2O6S/c1-14(2,3)24-13(21)17-4-5-18-25(22,23)10-7-8(15)6-9(11(10)16)12(19)20/h6-7,18H,4-5H2,1-3H3,(H,17,21)(H,19,20). The van der Waals surface area contributed by atoms with Gasteiger partial charge in [0.2, 0.25) is 10.0 Å². The number of alkyl carbamates (subject to hydrolysis) is 1. The second-order valence-electron chi connectivity index (χ2n) is 5.90. The lowest BCUT2D eigenvalue weighted by Gasteiger charge is -2.19. The van der Waals surface area contributed by atoms with Gasteiger partial charge in [-0.25, -0.2) is 27.1 Å². The van der Waals surface area contributed by atoms with E-state index in [4.69, 9.17) is 21.4 Å². The molecule has 0 radical (unpaired) electrons. The summed E-state index contributed by atoms with van der Waals surface area (Å²) in [6.45, 7) is 4.60. The first-order valence-corrected chi connectivity index (χ1v) is 8.88. The number of amides is 1. The molecule has 0 saturated carbocycles. The van der Waals surface area contributed by atoms with E-state index < -0.39 is 44.0 Å². The number of aromatic carboxylic acids is 1. The van der Waals surface area contributed by atoms with Gasteiger partial charge in [-0.3, -0.25) is 0 Å². The number of halogens is 2. The van der Waals surface area contributed by atoms with Crippen LogP contribution in [0.2, 0.25) is 5.02 Å². The van der Waals surface area contributed by atoms with E-state index >= 15 is 0 Å². The molecule has 0 bridgehead atoms. The lowest BCUT2D eigenvalue weighted by Crippen LogP contribution is -2.38. The van der Waals surface area contributed by atoms with Crippen LogP contribution in [-0.2, 0) is 14.8 Å². The average Bonchev–Trinajstić information content (AvgIpc) is 2.43. The highest BCUT2D eigenvalue weighted by molar-refractivity contribution is 7.89. The van der Waals surface area contributed by atoms with Gasteiger partial charge in [-0.15, -0.1) is 0 Å². The SMILES string of the molecule is CC(C)(C)OC(=O)NCCNS(=O)(=O)c1cc(Cl)cc(C(=O)O)c1F. The highest BCUT2D eigenvalue weighted by Gasteiger charge is 2.25. The third kappa shape index (κ3) is 6.48.